The first kappa shape index (κ1) is 23.0. The van der Waals surface area contributed by atoms with E-state index in [1.54, 1.807) is 7.11 Å². The van der Waals surface area contributed by atoms with Crippen LogP contribution in [0.5, 0.6) is 11.5 Å². The molecule has 0 aliphatic carbocycles. The van der Waals surface area contributed by atoms with Gasteiger partial charge in [-0.2, -0.15) is 0 Å². The van der Waals surface area contributed by atoms with Gasteiger partial charge in [-0.1, -0.05) is 30.3 Å². The van der Waals surface area contributed by atoms with Gasteiger partial charge in [0.25, 0.3) is 5.91 Å². The van der Waals surface area contributed by atoms with Crippen LogP contribution in [0.3, 0.4) is 0 Å². The molecular formula is C23H31ClN2O3. The van der Waals surface area contributed by atoms with E-state index in [9.17, 15) is 4.79 Å². The fraction of sp³-hybridized carbons (Fsp3) is 0.435. The van der Waals surface area contributed by atoms with Crippen molar-refractivity contribution < 1.29 is 14.3 Å². The summed E-state index contributed by atoms with van der Waals surface area (Å²) in [6, 6.07) is 14.3. The molecule has 3 rings (SSSR count). The smallest absolute Gasteiger partial charge is 0.258 e. The molecule has 1 aliphatic rings. The fourth-order valence-corrected chi connectivity index (χ4v) is 3.76. The lowest BCUT2D eigenvalue weighted by molar-refractivity contribution is -0.123. The molecule has 1 fully saturated rings. The van der Waals surface area contributed by atoms with E-state index in [1.807, 2.05) is 44.2 Å². The number of likely N-dealkylation sites (tertiary alicyclic amines) is 1. The third kappa shape index (κ3) is 6.12. The van der Waals surface area contributed by atoms with Gasteiger partial charge >= 0.3 is 0 Å². The zero-order valence-corrected chi connectivity index (χ0v) is 18.3. The van der Waals surface area contributed by atoms with Crippen LogP contribution in [0.15, 0.2) is 42.5 Å². The molecule has 29 heavy (non-hydrogen) atoms. The maximum Gasteiger partial charge on any atom is 0.258 e. The van der Waals surface area contributed by atoms with E-state index in [0.29, 0.717) is 6.54 Å². The average molecular weight is 419 g/mol. The number of hydrogen-bond donors (Lipinski definition) is 1. The Morgan fingerprint density at radius 3 is 2.28 bits per heavy atom. The molecule has 5 nitrogen and oxygen atoms in total. The number of hydrogen-bond acceptors (Lipinski definition) is 4. The van der Waals surface area contributed by atoms with Gasteiger partial charge in [-0.25, -0.2) is 0 Å². The van der Waals surface area contributed by atoms with Gasteiger partial charge in [0.2, 0.25) is 0 Å². The summed E-state index contributed by atoms with van der Waals surface area (Å²) in [5.74, 6) is 1.54. The molecule has 1 aliphatic heterocycles. The van der Waals surface area contributed by atoms with Gasteiger partial charge < -0.3 is 14.8 Å². The van der Waals surface area contributed by atoms with E-state index in [2.05, 4.69) is 22.3 Å². The van der Waals surface area contributed by atoms with Crippen molar-refractivity contribution in [2.75, 3.05) is 33.4 Å². The van der Waals surface area contributed by atoms with Gasteiger partial charge in [0.05, 0.1) is 13.2 Å². The number of amides is 1. The van der Waals surface area contributed by atoms with Gasteiger partial charge in [-0.3, -0.25) is 9.69 Å². The summed E-state index contributed by atoms with van der Waals surface area (Å²) in [5, 5.41) is 3.06. The molecule has 2 aromatic carbocycles. The first-order valence-corrected chi connectivity index (χ1v) is 9.92. The Morgan fingerprint density at radius 2 is 1.69 bits per heavy atom. The Hall–Kier alpha value is -2.24. The van der Waals surface area contributed by atoms with Crippen molar-refractivity contribution >= 4 is 18.3 Å². The predicted octanol–water partition coefficient (Wildman–Crippen LogP) is 4.07. The lowest BCUT2D eigenvalue weighted by Crippen LogP contribution is -2.38. The molecular weight excluding hydrogens is 388 g/mol. The summed E-state index contributed by atoms with van der Waals surface area (Å²) in [6.07, 6.45) is 2.41. The quantitative estimate of drug-likeness (QED) is 0.702. The van der Waals surface area contributed by atoms with Crippen molar-refractivity contribution in [1.29, 1.82) is 0 Å². The second kappa shape index (κ2) is 11.1. The number of para-hydroxylation sites is 1. The molecule has 0 radical (unpaired) electrons. The summed E-state index contributed by atoms with van der Waals surface area (Å²) in [5.41, 5.74) is 3.28. The number of rotatable bonds is 8. The third-order valence-electron chi connectivity index (χ3n) is 5.33. The topological polar surface area (TPSA) is 50.8 Å². The second-order valence-electron chi connectivity index (χ2n) is 7.35. The number of halogens is 1. The highest BCUT2D eigenvalue weighted by Crippen LogP contribution is 2.26. The molecule has 0 saturated carbocycles. The van der Waals surface area contributed by atoms with Crippen molar-refractivity contribution in [3.8, 4) is 11.5 Å². The Kier molecular flexibility index (Phi) is 8.80. The molecule has 1 saturated heterocycles. The fourth-order valence-electron chi connectivity index (χ4n) is 3.76. The Balaban J connectivity index is 0.00000300. The van der Waals surface area contributed by atoms with Crippen LogP contribution in [-0.2, 0) is 4.79 Å². The van der Waals surface area contributed by atoms with Gasteiger partial charge in [-0.15, -0.1) is 12.4 Å². The summed E-state index contributed by atoms with van der Waals surface area (Å²) in [7, 11) is 1.67. The molecule has 1 heterocycles. The SMILES string of the molecule is COc1ccc(C(CNC(=O)COc2c(C)cccc2C)N2CCCC2)cc1.Cl. The summed E-state index contributed by atoms with van der Waals surface area (Å²) < 4.78 is 11.0. The van der Waals surface area contributed by atoms with Gasteiger partial charge in [0, 0.05) is 6.54 Å². The van der Waals surface area contributed by atoms with Crippen LogP contribution in [-0.4, -0.2) is 44.2 Å². The highest BCUT2D eigenvalue weighted by molar-refractivity contribution is 5.85. The van der Waals surface area contributed by atoms with Crippen LogP contribution < -0.4 is 14.8 Å². The Morgan fingerprint density at radius 1 is 1.07 bits per heavy atom. The van der Waals surface area contributed by atoms with Gasteiger partial charge in [-0.05, 0) is 68.6 Å². The molecule has 0 bridgehead atoms. The van der Waals surface area contributed by atoms with Crippen LogP contribution in [0.25, 0.3) is 0 Å². The van der Waals surface area contributed by atoms with Crippen LogP contribution in [0.1, 0.15) is 35.6 Å². The summed E-state index contributed by atoms with van der Waals surface area (Å²) >= 11 is 0. The van der Waals surface area contributed by atoms with Gasteiger partial charge in [0.15, 0.2) is 6.61 Å². The maximum absolute atomic E-state index is 12.4. The molecule has 6 heteroatoms. The standard InChI is InChI=1S/C23H30N2O3.ClH/c1-17-7-6-8-18(2)23(17)28-16-22(26)24-15-21(25-13-4-5-14-25)19-9-11-20(27-3)12-10-19;/h6-12,21H,4-5,13-16H2,1-3H3,(H,24,26);1H. The number of ether oxygens (including phenoxy) is 2. The summed E-state index contributed by atoms with van der Waals surface area (Å²) in [4.78, 5) is 14.9. The van der Waals surface area contributed by atoms with Crippen LogP contribution in [0.4, 0.5) is 0 Å². The number of nitrogens with one attached hydrogen (secondary N) is 1. The number of carbonyl (C=O) groups excluding carboxylic acids is 1. The minimum absolute atomic E-state index is 0. The van der Waals surface area contributed by atoms with Crippen LogP contribution >= 0.6 is 12.4 Å². The van der Waals surface area contributed by atoms with Crippen LogP contribution in [0, 0.1) is 13.8 Å². The number of benzene rings is 2. The molecule has 158 valence electrons. The van der Waals surface area contributed by atoms with Crippen molar-refractivity contribution in [2.45, 2.75) is 32.7 Å². The highest BCUT2D eigenvalue weighted by Gasteiger charge is 2.24. The summed E-state index contributed by atoms with van der Waals surface area (Å²) in [6.45, 7) is 6.71. The van der Waals surface area contributed by atoms with E-state index in [1.165, 1.54) is 18.4 Å². The largest absolute Gasteiger partial charge is 0.497 e. The predicted molar refractivity (Wildman–Crippen MR) is 118 cm³/mol. The molecule has 0 aromatic heterocycles. The van der Waals surface area contributed by atoms with Crippen LogP contribution in [0.2, 0.25) is 0 Å². The lowest BCUT2D eigenvalue weighted by Gasteiger charge is -2.28. The van der Waals surface area contributed by atoms with Crippen molar-refractivity contribution in [1.82, 2.24) is 10.2 Å². The number of carbonyl (C=O) groups is 1. The minimum atomic E-state index is -0.0969. The normalized spacial score (nSPS) is 14.7. The zero-order valence-electron chi connectivity index (χ0n) is 17.4. The van der Waals surface area contributed by atoms with Crippen molar-refractivity contribution in [3.05, 3.63) is 59.2 Å². The van der Waals surface area contributed by atoms with Crippen molar-refractivity contribution in [2.24, 2.45) is 0 Å². The number of methoxy groups -OCH3 is 1. The molecule has 1 unspecified atom stereocenters. The number of nitrogens with zero attached hydrogens (tertiary/aromatic N) is 1. The van der Waals surface area contributed by atoms with E-state index in [4.69, 9.17) is 9.47 Å². The molecule has 1 amide bonds. The average Bonchev–Trinajstić information content (AvgIpc) is 3.23. The first-order valence-electron chi connectivity index (χ1n) is 9.92. The third-order valence-corrected chi connectivity index (χ3v) is 5.33. The van der Waals surface area contributed by atoms with Crippen molar-refractivity contribution in [3.63, 3.8) is 0 Å². The van der Waals surface area contributed by atoms with Gasteiger partial charge in [0.1, 0.15) is 11.5 Å². The Labute approximate surface area is 179 Å². The monoisotopic (exact) mass is 418 g/mol. The number of aryl methyl sites for hydroxylation is 2. The van der Waals surface area contributed by atoms with E-state index in [0.717, 1.165) is 35.7 Å². The lowest BCUT2D eigenvalue weighted by atomic mass is 10.1. The maximum atomic E-state index is 12.4. The molecule has 0 spiro atoms. The van der Waals surface area contributed by atoms with E-state index >= 15 is 0 Å². The Bertz CT molecular complexity index is 769. The molecule has 1 atom stereocenters. The highest BCUT2D eigenvalue weighted by atomic mass is 35.5. The second-order valence-corrected chi connectivity index (χ2v) is 7.35. The molecule has 2 aromatic rings. The zero-order chi connectivity index (χ0) is 19.9. The van der Waals surface area contributed by atoms with E-state index < -0.39 is 0 Å². The first-order chi connectivity index (χ1) is 13.6. The molecule has 1 N–H and O–H groups in total. The minimum Gasteiger partial charge on any atom is -0.497 e. The van der Waals surface area contributed by atoms with E-state index in [-0.39, 0.29) is 31.0 Å².